The van der Waals surface area contributed by atoms with Crippen molar-refractivity contribution in [2.75, 3.05) is 27.4 Å². The first-order chi connectivity index (χ1) is 9.12. The molecule has 6 heteroatoms. The van der Waals surface area contributed by atoms with Crippen molar-refractivity contribution in [1.82, 2.24) is 5.32 Å². The second-order valence-corrected chi connectivity index (χ2v) is 4.17. The van der Waals surface area contributed by atoms with Crippen LogP contribution in [0.3, 0.4) is 0 Å². The molecule has 0 amide bonds. The highest BCUT2D eigenvalue weighted by Crippen LogP contribution is 2.25. The molecular weight excluding hydrogens is 248 g/mol. The third-order valence-electron chi connectivity index (χ3n) is 2.82. The van der Waals surface area contributed by atoms with Gasteiger partial charge >= 0.3 is 0 Å². The van der Waals surface area contributed by atoms with Crippen LogP contribution in [0.4, 0.5) is 5.69 Å². The summed E-state index contributed by atoms with van der Waals surface area (Å²) in [6.45, 7) is 3.29. The fourth-order valence-corrected chi connectivity index (χ4v) is 1.96. The molecule has 6 nitrogen and oxygen atoms in total. The standard InChI is InChI=1S/C13H20N2O4/c1-4-14-11(9-18-2)7-10-5-6-12(19-3)8-13(10)15(16)17/h5-6,8,11,14H,4,7,9H2,1-3H3. The minimum absolute atomic E-state index is 0.0575. The van der Waals surface area contributed by atoms with E-state index in [1.807, 2.05) is 6.92 Å². The molecule has 1 atom stereocenters. The summed E-state index contributed by atoms with van der Waals surface area (Å²) in [5, 5.41) is 14.3. The molecule has 0 bridgehead atoms. The van der Waals surface area contributed by atoms with Crippen molar-refractivity contribution in [3.8, 4) is 5.75 Å². The van der Waals surface area contributed by atoms with Gasteiger partial charge in [-0.15, -0.1) is 0 Å². The predicted octanol–water partition coefficient (Wildman–Crippen LogP) is 1.77. The van der Waals surface area contributed by atoms with Crippen LogP contribution in [0.15, 0.2) is 18.2 Å². The van der Waals surface area contributed by atoms with E-state index < -0.39 is 0 Å². The number of nitrogens with one attached hydrogen (secondary N) is 1. The van der Waals surface area contributed by atoms with Gasteiger partial charge in [0.15, 0.2) is 0 Å². The Hall–Kier alpha value is -1.66. The van der Waals surface area contributed by atoms with Gasteiger partial charge in [0.05, 0.1) is 24.7 Å². The number of nitrogens with zero attached hydrogens (tertiary/aromatic N) is 1. The summed E-state index contributed by atoms with van der Waals surface area (Å²) < 4.78 is 10.1. The van der Waals surface area contributed by atoms with Crippen LogP contribution in [0, 0.1) is 10.1 Å². The zero-order valence-corrected chi connectivity index (χ0v) is 11.5. The first kappa shape index (κ1) is 15.4. The quantitative estimate of drug-likeness (QED) is 0.574. The molecule has 1 N–H and O–H groups in total. The maximum atomic E-state index is 11.1. The number of nitro groups is 1. The highest BCUT2D eigenvalue weighted by molar-refractivity contribution is 5.46. The first-order valence-electron chi connectivity index (χ1n) is 6.16. The van der Waals surface area contributed by atoms with E-state index in [2.05, 4.69) is 5.32 Å². The molecule has 0 spiro atoms. The van der Waals surface area contributed by atoms with E-state index in [0.29, 0.717) is 24.3 Å². The van der Waals surface area contributed by atoms with Gasteiger partial charge in [-0.2, -0.15) is 0 Å². The number of methoxy groups -OCH3 is 2. The highest BCUT2D eigenvalue weighted by Gasteiger charge is 2.18. The van der Waals surface area contributed by atoms with Crippen molar-refractivity contribution in [3.05, 3.63) is 33.9 Å². The Bertz CT molecular complexity index is 417. The van der Waals surface area contributed by atoms with Gasteiger partial charge in [0.25, 0.3) is 5.69 Å². The highest BCUT2D eigenvalue weighted by atomic mass is 16.6. The minimum Gasteiger partial charge on any atom is -0.497 e. The van der Waals surface area contributed by atoms with Crippen molar-refractivity contribution in [2.24, 2.45) is 0 Å². The first-order valence-corrected chi connectivity index (χ1v) is 6.16. The van der Waals surface area contributed by atoms with E-state index in [1.54, 1.807) is 19.2 Å². The molecule has 0 fully saturated rings. The molecule has 106 valence electrons. The summed E-state index contributed by atoms with van der Waals surface area (Å²) in [6, 6.07) is 4.97. The SMILES string of the molecule is CCNC(COC)Cc1ccc(OC)cc1[N+](=O)[O-]. The van der Waals surface area contributed by atoms with E-state index in [-0.39, 0.29) is 16.7 Å². The van der Waals surface area contributed by atoms with E-state index in [9.17, 15) is 10.1 Å². The second-order valence-electron chi connectivity index (χ2n) is 4.17. The number of nitro benzene ring substituents is 1. The molecule has 0 radical (unpaired) electrons. The van der Waals surface area contributed by atoms with Crippen LogP contribution >= 0.6 is 0 Å². The number of hydrogen-bond acceptors (Lipinski definition) is 5. The molecule has 1 aromatic carbocycles. The molecule has 19 heavy (non-hydrogen) atoms. The van der Waals surface area contributed by atoms with Crippen LogP contribution in [-0.4, -0.2) is 38.3 Å². The fraction of sp³-hybridized carbons (Fsp3) is 0.538. The average molecular weight is 268 g/mol. The van der Waals surface area contributed by atoms with Gasteiger partial charge in [0.1, 0.15) is 5.75 Å². The smallest absolute Gasteiger partial charge is 0.276 e. The van der Waals surface area contributed by atoms with Crippen LogP contribution < -0.4 is 10.1 Å². The Kier molecular flexibility index (Phi) is 6.24. The third-order valence-corrected chi connectivity index (χ3v) is 2.82. The average Bonchev–Trinajstić information content (AvgIpc) is 2.39. The topological polar surface area (TPSA) is 73.6 Å². The largest absolute Gasteiger partial charge is 0.497 e. The van der Waals surface area contributed by atoms with E-state index in [4.69, 9.17) is 9.47 Å². The number of benzene rings is 1. The number of likely N-dealkylation sites (N-methyl/N-ethyl adjacent to an activating group) is 1. The Balaban J connectivity index is 2.94. The Morgan fingerprint density at radius 3 is 2.68 bits per heavy atom. The molecule has 1 aromatic rings. The van der Waals surface area contributed by atoms with Gasteiger partial charge in [0, 0.05) is 18.7 Å². The number of rotatable bonds is 8. The lowest BCUT2D eigenvalue weighted by Crippen LogP contribution is -2.35. The lowest BCUT2D eigenvalue weighted by atomic mass is 10.0. The fourth-order valence-electron chi connectivity index (χ4n) is 1.96. The van der Waals surface area contributed by atoms with Crippen molar-refractivity contribution in [2.45, 2.75) is 19.4 Å². The normalized spacial score (nSPS) is 12.2. The third kappa shape index (κ3) is 4.50. The molecule has 0 aliphatic heterocycles. The lowest BCUT2D eigenvalue weighted by Gasteiger charge is -2.17. The van der Waals surface area contributed by atoms with Crippen LogP contribution in [0.2, 0.25) is 0 Å². The summed E-state index contributed by atoms with van der Waals surface area (Å²) in [5.74, 6) is 0.488. The van der Waals surface area contributed by atoms with Gasteiger partial charge in [-0.1, -0.05) is 6.92 Å². The molecule has 0 aromatic heterocycles. The molecule has 0 aliphatic rings. The van der Waals surface area contributed by atoms with Gasteiger partial charge in [-0.05, 0) is 25.1 Å². The van der Waals surface area contributed by atoms with Crippen molar-refractivity contribution >= 4 is 5.69 Å². The number of ether oxygens (including phenoxy) is 2. The predicted molar refractivity (Wildman–Crippen MR) is 72.7 cm³/mol. The maximum Gasteiger partial charge on any atom is 0.276 e. The van der Waals surface area contributed by atoms with Gasteiger partial charge in [-0.25, -0.2) is 0 Å². The summed E-state index contributed by atoms with van der Waals surface area (Å²) in [4.78, 5) is 10.7. The zero-order chi connectivity index (χ0) is 14.3. The molecular formula is C13H20N2O4. The minimum atomic E-state index is -0.381. The van der Waals surface area contributed by atoms with Gasteiger partial charge < -0.3 is 14.8 Å². The Labute approximate surface area is 112 Å². The summed E-state index contributed by atoms with van der Waals surface area (Å²) >= 11 is 0. The molecule has 0 saturated heterocycles. The zero-order valence-electron chi connectivity index (χ0n) is 11.5. The van der Waals surface area contributed by atoms with E-state index in [0.717, 1.165) is 6.54 Å². The van der Waals surface area contributed by atoms with Crippen LogP contribution in [0.5, 0.6) is 5.75 Å². The maximum absolute atomic E-state index is 11.1. The molecule has 1 rings (SSSR count). The molecule has 1 unspecified atom stereocenters. The summed E-state index contributed by atoms with van der Waals surface area (Å²) in [5.41, 5.74) is 0.757. The van der Waals surface area contributed by atoms with E-state index in [1.165, 1.54) is 13.2 Å². The second kappa shape index (κ2) is 7.70. The van der Waals surface area contributed by atoms with Crippen LogP contribution in [-0.2, 0) is 11.2 Å². The van der Waals surface area contributed by atoms with Crippen LogP contribution in [0.25, 0.3) is 0 Å². The lowest BCUT2D eigenvalue weighted by molar-refractivity contribution is -0.385. The summed E-state index contributed by atoms with van der Waals surface area (Å²) in [6.07, 6.45) is 0.544. The number of hydrogen-bond donors (Lipinski definition) is 1. The molecule has 0 saturated carbocycles. The van der Waals surface area contributed by atoms with Crippen molar-refractivity contribution in [3.63, 3.8) is 0 Å². The van der Waals surface area contributed by atoms with E-state index >= 15 is 0 Å². The van der Waals surface area contributed by atoms with Crippen molar-refractivity contribution in [1.29, 1.82) is 0 Å². The van der Waals surface area contributed by atoms with Crippen molar-refractivity contribution < 1.29 is 14.4 Å². The van der Waals surface area contributed by atoms with Gasteiger partial charge in [0.2, 0.25) is 0 Å². The van der Waals surface area contributed by atoms with Gasteiger partial charge in [-0.3, -0.25) is 10.1 Å². The molecule has 0 aliphatic carbocycles. The summed E-state index contributed by atoms with van der Waals surface area (Å²) in [7, 11) is 3.11. The monoisotopic (exact) mass is 268 g/mol. The Morgan fingerprint density at radius 1 is 1.42 bits per heavy atom. The molecule has 0 heterocycles. The van der Waals surface area contributed by atoms with Crippen LogP contribution in [0.1, 0.15) is 12.5 Å². The Morgan fingerprint density at radius 2 is 2.16 bits per heavy atom.